The van der Waals surface area contributed by atoms with E-state index in [1.807, 2.05) is 0 Å². The Hall–Kier alpha value is -2.16. The van der Waals surface area contributed by atoms with Gasteiger partial charge in [-0.25, -0.2) is 4.79 Å². The quantitative estimate of drug-likeness (QED) is 0.221. The summed E-state index contributed by atoms with van der Waals surface area (Å²) in [6, 6.07) is 12.6. The Morgan fingerprint density at radius 3 is 2.15 bits per heavy atom. The Balaban J connectivity index is 0.00000272. The summed E-state index contributed by atoms with van der Waals surface area (Å²) in [5.74, 6) is -2.92. The van der Waals surface area contributed by atoms with Gasteiger partial charge < -0.3 is 15.3 Å². The van der Waals surface area contributed by atoms with Gasteiger partial charge in [0.05, 0.1) is 27.5 Å². The molecule has 3 aromatic carbocycles. The van der Waals surface area contributed by atoms with Crippen LogP contribution in [0.25, 0.3) is 0 Å². The summed E-state index contributed by atoms with van der Waals surface area (Å²) in [5, 5.41) is 48.4. The number of hydrogen-bond acceptors (Lipinski definition) is 9. The van der Waals surface area contributed by atoms with E-state index in [1.165, 1.54) is 36.4 Å². The number of carboxylic acids is 1. The van der Waals surface area contributed by atoms with Crippen LogP contribution >= 0.6 is 0 Å². The van der Waals surface area contributed by atoms with Gasteiger partial charge in [-0.15, -0.1) is 5.11 Å². The van der Waals surface area contributed by atoms with Crippen LogP contribution in [0.5, 0.6) is 11.5 Å². The number of aromatic carboxylic acids is 1. The van der Waals surface area contributed by atoms with Crippen LogP contribution in [0.1, 0.15) is 10.4 Å². The van der Waals surface area contributed by atoms with Gasteiger partial charge in [0.15, 0.2) is 0 Å². The van der Waals surface area contributed by atoms with Gasteiger partial charge in [-0.3, -0.25) is 4.55 Å². The molecule has 0 aliphatic carbocycles. The fourth-order valence-electron chi connectivity index (χ4n) is 2.38. The molecule has 0 aliphatic rings. The Morgan fingerprint density at radius 2 is 1.48 bits per heavy atom. The van der Waals surface area contributed by atoms with Gasteiger partial charge in [0.1, 0.15) is 5.69 Å². The van der Waals surface area contributed by atoms with Crippen LogP contribution in [0.4, 0.5) is 22.7 Å². The first-order chi connectivity index (χ1) is 14.7. The predicted octanol–water partition coefficient (Wildman–Crippen LogP) is -2.38. The Morgan fingerprint density at radius 1 is 0.818 bits per heavy atom. The third-order valence-corrected chi connectivity index (χ3v) is 4.70. The second-order valence-electron chi connectivity index (χ2n) is 5.96. The molecule has 0 fully saturated rings. The van der Waals surface area contributed by atoms with E-state index in [2.05, 4.69) is 20.5 Å². The summed E-state index contributed by atoms with van der Waals surface area (Å²) >= 11 is 0. The molecule has 3 aromatic rings. The zero-order valence-corrected chi connectivity index (χ0v) is 22.2. The van der Waals surface area contributed by atoms with Gasteiger partial charge in [0.2, 0.25) is 0 Å². The van der Waals surface area contributed by atoms with Crippen molar-refractivity contribution < 1.29 is 92.2 Å². The number of nitrogens with zero attached hydrogens (tertiary/aromatic N) is 4. The van der Waals surface area contributed by atoms with Crippen LogP contribution in [0.3, 0.4) is 0 Å². The van der Waals surface area contributed by atoms with Crippen molar-refractivity contribution in [3.8, 4) is 11.5 Å². The number of hydrogen-bond donors (Lipinski definition) is 2. The van der Waals surface area contributed by atoms with E-state index in [4.69, 9.17) is 9.66 Å². The molecule has 0 heterocycles. The van der Waals surface area contributed by atoms with Gasteiger partial charge >= 0.3 is 65.1 Å². The second-order valence-corrected chi connectivity index (χ2v) is 7.38. The Labute approximate surface area is 232 Å². The number of rotatable bonds is 6. The molecule has 0 bridgehead atoms. The van der Waals surface area contributed by atoms with Crippen LogP contribution in [-0.2, 0) is 10.1 Å². The average Bonchev–Trinajstić information content (AvgIpc) is 2.73. The summed E-state index contributed by atoms with van der Waals surface area (Å²) in [4.78, 5) is 10.8. The summed E-state index contributed by atoms with van der Waals surface area (Å²) in [6.45, 7) is 0. The average molecular weight is 486 g/mol. The first-order valence-electron chi connectivity index (χ1n) is 8.41. The normalized spacial score (nSPS) is 11.2. The molecular weight excluding hydrogens is 474 g/mol. The minimum absolute atomic E-state index is 0. The summed E-state index contributed by atoms with van der Waals surface area (Å²) in [6.07, 6.45) is 0. The number of carbonyl (C=O) groups is 1. The molecular formula is C19H12N4Na2O7S. The summed E-state index contributed by atoms with van der Waals surface area (Å²) in [7, 11) is -4.45. The number of carboxylic acid groups (broad SMARTS) is 1. The van der Waals surface area contributed by atoms with E-state index < -0.39 is 38.2 Å². The maximum atomic E-state index is 12.5. The van der Waals surface area contributed by atoms with Crippen molar-refractivity contribution in [2.45, 2.75) is 4.90 Å². The third-order valence-electron chi connectivity index (χ3n) is 3.85. The third kappa shape index (κ3) is 7.42. The van der Waals surface area contributed by atoms with Gasteiger partial charge in [-0.05, 0) is 36.4 Å². The van der Waals surface area contributed by atoms with Crippen molar-refractivity contribution in [3.05, 3.63) is 66.2 Å². The van der Waals surface area contributed by atoms with Gasteiger partial charge in [-0.1, -0.05) is 35.8 Å². The SMILES string of the molecule is O=C(O)c1ccccc1N=Nc1c([O-])ccc(N=Nc2cccc(S(=O)(=O)O)c2)c1[O-].[Na+].[Na+]. The van der Waals surface area contributed by atoms with Crippen molar-refractivity contribution >= 4 is 38.8 Å². The molecule has 3 rings (SSSR count). The molecule has 0 radical (unpaired) electrons. The number of azo groups is 2. The summed E-state index contributed by atoms with van der Waals surface area (Å²) in [5.41, 5.74) is -1.07. The van der Waals surface area contributed by atoms with Crippen LogP contribution in [0.15, 0.2) is 86.0 Å². The monoisotopic (exact) mass is 486 g/mol. The van der Waals surface area contributed by atoms with Crippen molar-refractivity contribution in [1.82, 2.24) is 0 Å². The smallest absolute Gasteiger partial charge is 0.871 e. The standard InChI is InChI=1S/C19H14N4O7S.2Na/c24-16-9-8-15(22-20-11-4-3-5-12(10-11)31(28,29)30)18(25)17(16)23-21-14-7-2-1-6-13(14)19(26)27;;/h1-10,24-25H,(H,26,27)(H,28,29,30);;/q;2*+1/p-2. The second kappa shape index (κ2) is 12.3. The van der Waals surface area contributed by atoms with E-state index >= 15 is 0 Å². The molecule has 158 valence electrons. The Bertz CT molecular complexity index is 1330. The molecule has 2 N–H and O–H groups in total. The fraction of sp³-hybridized carbons (Fsp3) is 0. The maximum absolute atomic E-state index is 12.5. The molecule has 14 heteroatoms. The molecule has 0 aliphatic heterocycles. The molecule has 0 saturated carbocycles. The molecule has 0 spiro atoms. The van der Waals surface area contributed by atoms with E-state index in [1.54, 1.807) is 0 Å². The maximum Gasteiger partial charge on any atom is 1.00 e. The Kier molecular flexibility index (Phi) is 10.8. The van der Waals surface area contributed by atoms with Gasteiger partial charge in [0.25, 0.3) is 10.1 Å². The van der Waals surface area contributed by atoms with Crippen LogP contribution < -0.4 is 69.3 Å². The van der Waals surface area contributed by atoms with Crippen LogP contribution in [0.2, 0.25) is 0 Å². The van der Waals surface area contributed by atoms with E-state index in [9.17, 15) is 23.4 Å². The number of benzene rings is 3. The molecule has 0 amide bonds. The predicted molar refractivity (Wildman–Crippen MR) is 103 cm³/mol. The van der Waals surface area contributed by atoms with Crippen molar-refractivity contribution in [1.29, 1.82) is 0 Å². The van der Waals surface area contributed by atoms with Gasteiger partial charge in [-0.2, -0.15) is 23.8 Å². The van der Waals surface area contributed by atoms with Crippen LogP contribution in [0, 0.1) is 0 Å². The molecule has 0 aromatic heterocycles. The zero-order valence-electron chi connectivity index (χ0n) is 17.4. The molecule has 33 heavy (non-hydrogen) atoms. The van der Waals surface area contributed by atoms with E-state index in [0.29, 0.717) is 0 Å². The molecule has 11 nitrogen and oxygen atoms in total. The van der Waals surface area contributed by atoms with Gasteiger partial charge in [0, 0.05) is 0 Å². The topological polar surface area (TPSA) is 187 Å². The molecule has 0 saturated heterocycles. The fourth-order valence-corrected chi connectivity index (χ4v) is 2.90. The van der Waals surface area contributed by atoms with Crippen molar-refractivity contribution in [2.75, 3.05) is 0 Å². The summed E-state index contributed by atoms with van der Waals surface area (Å²) < 4.78 is 31.5. The first-order valence-corrected chi connectivity index (χ1v) is 9.85. The molecule has 0 unspecified atom stereocenters. The molecule has 0 atom stereocenters. The van der Waals surface area contributed by atoms with E-state index in [0.717, 1.165) is 24.3 Å². The first kappa shape index (κ1) is 28.9. The van der Waals surface area contributed by atoms with Crippen molar-refractivity contribution in [3.63, 3.8) is 0 Å². The minimum Gasteiger partial charge on any atom is -0.871 e. The van der Waals surface area contributed by atoms with E-state index in [-0.39, 0.29) is 81.7 Å². The largest absolute Gasteiger partial charge is 1.00 e. The van der Waals surface area contributed by atoms with Crippen LogP contribution in [-0.4, -0.2) is 24.0 Å². The minimum atomic E-state index is -4.45. The van der Waals surface area contributed by atoms with Crippen molar-refractivity contribution in [2.24, 2.45) is 20.5 Å². The zero-order chi connectivity index (χ0) is 22.6.